The van der Waals surface area contributed by atoms with Gasteiger partial charge in [-0.15, -0.1) is 0 Å². The Hall–Kier alpha value is -3.03. The Morgan fingerprint density at radius 2 is 1.93 bits per heavy atom. The number of nitrogens with zero attached hydrogens (tertiary/aromatic N) is 1. The number of nitrogens with one attached hydrogen (secondary N) is 1. The van der Waals surface area contributed by atoms with Crippen LogP contribution in [0.15, 0.2) is 48.5 Å². The van der Waals surface area contributed by atoms with Gasteiger partial charge in [0, 0.05) is 18.8 Å². The van der Waals surface area contributed by atoms with Crippen molar-refractivity contribution in [1.29, 1.82) is 0 Å². The van der Waals surface area contributed by atoms with Gasteiger partial charge in [0.2, 0.25) is 11.8 Å². The highest BCUT2D eigenvalue weighted by Gasteiger charge is 2.38. The van der Waals surface area contributed by atoms with Gasteiger partial charge in [-0.1, -0.05) is 18.2 Å². The summed E-state index contributed by atoms with van der Waals surface area (Å²) in [6.07, 6.45) is -3.63. The third kappa shape index (κ3) is 4.88. The molecule has 2 aromatic carbocycles. The first-order valence-corrected chi connectivity index (χ1v) is 9.19. The van der Waals surface area contributed by atoms with Crippen molar-refractivity contribution in [2.75, 3.05) is 25.1 Å². The van der Waals surface area contributed by atoms with E-state index in [9.17, 15) is 22.8 Å². The van der Waals surface area contributed by atoms with Gasteiger partial charge in [0.1, 0.15) is 11.7 Å². The number of carbonyl (C=O) groups is 2. The monoisotopic (exact) mass is 406 g/mol. The smallest absolute Gasteiger partial charge is 0.416 e. The van der Waals surface area contributed by atoms with E-state index in [0.717, 1.165) is 23.4 Å². The van der Waals surface area contributed by atoms with Gasteiger partial charge in [0.25, 0.3) is 0 Å². The van der Waals surface area contributed by atoms with Gasteiger partial charge in [0.05, 0.1) is 12.7 Å². The summed E-state index contributed by atoms with van der Waals surface area (Å²) in [7, 11) is 1.58. The molecule has 154 valence electrons. The van der Waals surface area contributed by atoms with Gasteiger partial charge in [0.15, 0.2) is 0 Å². The van der Waals surface area contributed by atoms with E-state index in [4.69, 9.17) is 4.74 Å². The van der Waals surface area contributed by atoms with Crippen molar-refractivity contribution in [1.82, 2.24) is 5.32 Å². The SMILES string of the molecule is COc1ccc(CCNC(=O)[C@@H]2CCN(c3cccc(C(F)(F)F)c3)C2=O)cc1. The molecule has 5 nitrogen and oxygen atoms in total. The van der Waals surface area contributed by atoms with E-state index in [0.29, 0.717) is 13.0 Å². The van der Waals surface area contributed by atoms with Gasteiger partial charge < -0.3 is 15.0 Å². The first-order valence-electron chi connectivity index (χ1n) is 9.19. The largest absolute Gasteiger partial charge is 0.497 e. The Morgan fingerprint density at radius 3 is 2.59 bits per heavy atom. The Kier molecular flexibility index (Phi) is 6.10. The summed E-state index contributed by atoms with van der Waals surface area (Å²) < 4.78 is 43.8. The molecule has 0 radical (unpaired) electrons. The molecule has 2 amide bonds. The summed E-state index contributed by atoms with van der Waals surface area (Å²) in [5.74, 6) is -1.03. The lowest BCUT2D eigenvalue weighted by Gasteiger charge is -2.18. The number of halogens is 3. The standard InChI is InChI=1S/C21H21F3N2O3/c1-29-17-7-5-14(6-8-17)9-11-25-19(27)18-10-12-26(20(18)28)16-4-2-3-15(13-16)21(22,23)24/h2-8,13,18H,9-12H2,1H3,(H,25,27)/t18-/m0/s1. The van der Waals surface area contributed by atoms with Crippen molar-refractivity contribution in [3.8, 4) is 5.75 Å². The van der Waals surface area contributed by atoms with Crippen molar-refractivity contribution >= 4 is 17.5 Å². The van der Waals surface area contributed by atoms with E-state index < -0.39 is 29.5 Å². The third-order valence-electron chi connectivity index (χ3n) is 4.88. The summed E-state index contributed by atoms with van der Waals surface area (Å²) in [5, 5.41) is 2.74. The van der Waals surface area contributed by atoms with E-state index in [1.54, 1.807) is 7.11 Å². The summed E-state index contributed by atoms with van der Waals surface area (Å²) in [4.78, 5) is 26.2. The van der Waals surface area contributed by atoms with Crippen LogP contribution in [0.2, 0.25) is 0 Å². The predicted octanol–water partition coefficient (Wildman–Crippen LogP) is 3.43. The van der Waals surface area contributed by atoms with Crippen molar-refractivity contribution in [3.05, 3.63) is 59.7 Å². The molecule has 1 aliphatic rings. The first kappa shape index (κ1) is 20.7. The van der Waals surface area contributed by atoms with Crippen LogP contribution >= 0.6 is 0 Å². The van der Waals surface area contributed by atoms with E-state index >= 15 is 0 Å². The van der Waals surface area contributed by atoms with Crippen molar-refractivity contribution < 1.29 is 27.5 Å². The fraction of sp³-hybridized carbons (Fsp3) is 0.333. The fourth-order valence-corrected chi connectivity index (χ4v) is 3.28. The number of ether oxygens (including phenoxy) is 1. The quantitative estimate of drug-likeness (QED) is 0.748. The molecular weight excluding hydrogens is 385 g/mol. The number of alkyl halides is 3. The molecule has 1 saturated heterocycles. The molecule has 1 fully saturated rings. The lowest BCUT2D eigenvalue weighted by molar-refractivity contribution is -0.138. The van der Waals surface area contributed by atoms with Crippen LogP contribution in [-0.2, 0) is 22.2 Å². The molecular formula is C21H21F3N2O3. The summed E-state index contributed by atoms with van der Waals surface area (Å²) in [5.41, 5.74) is 0.336. The zero-order valence-corrected chi connectivity index (χ0v) is 15.8. The molecule has 0 aliphatic carbocycles. The molecule has 1 heterocycles. The second-order valence-corrected chi connectivity index (χ2v) is 6.77. The third-order valence-corrected chi connectivity index (χ3v) is 4.88. The molecule has 1 atom stereocenters. The second-order valence-electron chi connectivity index (χ2n) is 6.77. The summed E-state index contributed by atoms with van der Waals surface area (Å²) in [6, 6.07) is 12.0. The van der Waals surface area contributed by atoms with Gasteiger partial charge >= 0.3 is 6.18 Å². The van der Waals surface area contributed by atoms with Crippen LogP contribution in [0.1, 0.15) is 17.5 Å². The molecule has 3 rings (SSSR count). The molecule has 2 aromatic rings. The lowest BCUT2D eigenvalue weighted by Crippen LogP contribution is -2.37. The number of hydrogen-bond donors (Lipinski definition) is 1. The highest BCUT2D eigenvalue weighted by Crippen LogP contribution is 2.33. The second kappa shape index (κ2) is 8.55. The minimum Gasteiger partial charge on any atom is -0.497 e. The van der Waals surface area contributed by atoms with Crippen LogP contribution in [0.4, 0.5) is 18.9 Å². The highest BCUT2D eigenvalue weighted by atomic mass is 19.4. The molecule has 1 N–H and O–H groups in total. The summed E-state index contributed by atoms with van der Waals surface area (Å²) in [6.45, 7) is 0.565. The predicted molar refractivity (Wildman–Crippen MR) is 102 cm³/mol. The molecule has 0 saturated carbocycles. The van der Waals surface area contributed by atoms with E-state index in [1.807, 2.05) is 24.3 Å². The van der Waals surface area contributed by atoms with E-state index in [1.165, 1.54) is 17.0 Å². The number of rotatable bonds is 6. The summed E-state index contributed by atoms with van der Waals surface area (Å²) >= 11 is 0. The topological polar surface area (TPSA) is 58.6 Å². The Bertz CT molecular complexity index is 881. The molecule has 0 unspecified atom stereocenters. The number of benzene rings is 2. The fourth-order valence-electron chi connectivity index (χ4n) is 3.28. The van der Waals surface area contributed by atoms with E-state index in [2.05, 4.69) is 5.32 Å². The molecule has 0 bridgehead atoms. The Morgan fingerprint density at radius 1 is 1.21 bits per heavy atom. The molecule has 29 heavy (non-hydrogen) atoms. The van der Waals surface area contributed by atoms with Gasteiger partial charge in [-0.05, 0) is 48.7 Å². The normalized spacial score (nSPS) is 16.8. The average Bonchev–Trinajstić information content (AvgIpc) is 3.09. The van der Waals surface area contributed by atoms with Crippen LogP contribution in [0, 0.1) is 5.92 Å². The molecule has 8 heteroatoms. The van der Waals surface area contributed by atoms with Crippen molar-refractivity contribution in [2.24, 2.45) is 5.92 Å². The minimum absolute atomic E-state index is 0.151. The lowest BCUT2D eigenvalue weighted by atomic mass is 10.1. The van der Waals surface area contributed by atoms with Gasteiger partial charge in [-0.3, -0.25) is 9.59 Å². The maximum Gasteiger partial charge on any atom is 0.416 e. The number of carbonyl (C=O) groups excluding carboxylic acids is 2. The first-order chi connectivity index (χ1) is 13.8. The maximum absolute atomic E-state index is 12.9. The zero-order chi connectivity index (χ0) is 21.0. The van der Waals surface area contributed by atoms with Crippen molar-refractivity contribution in [2.45, 2.75) is 19.0 Å². The van der Waals surface area contributed by atoms with Crippen molar-refractivity contribution in [3.63, 3.8) is 0 Å². The average molecular weight is 406 g/mol. The molecule has 1 aliphatic heterocycles. The van der Waals surface area contributed by atoms with Crippen LogP contribution in [0.3, 0.4) is 0 Å². The Labute approximate surface area is 166 Å². The molecule has 0 aromatic heterocycles. The van der Waals surface area contributed by atoms with Crippen LogP contribution < -0.4 is 15.0 Å². The zero-order valence-electron chi connectivity index (χ0n) is 15.8. The van der Waals surface area contributed by atoms with Crippen LogP contribution in [0.5, 0.6) is 5.75 Å². The van der Waals surface area contributed by atoms with Crippen LogP contribution in [-0.4, -0.2) is 32.0 Å². The number of anilines is 1. The maximum atomic E-state index is 12.9. The Balaban J connectivity index is 1.57. The van der Waals surface area contributed by atoms with E-state index in [-0.39, 0.29) is 18.7 Å². The number of hydrogen-bond acceptors (Lipinski definition) is 3. The van der Waals surface area contributed by atoms with Gasteiger partial charge in [-0.25, -0.2) is 0 Å². The van der Waals surface area contributed by atoms with Gasteiger partial charge in [-0.2, -0.15) is 13.2 Å². The molecule has 0 spiro atoms. The van der Waals surface area contributed by atoms with Crippen LogP contribution in [0.25, 0.3) is 0 Å². The number of methoxy groups -OCH3 is 1. The highest BCUT2D eigenvalue weighted by molar-refractivity contribution is 6.09. The minimum atomic E-state index is -4.49. The number of amides is 2.